The molecule has 0 aliphatic rings. The van der Waals surface area contributed by atoms with Crippen LogP contribution in [0.4, 0.5) is 0 Å². The Morgan fingerprint density at radius 3 is 2.67 bits per heavy atom. The smallest absolute Gasteiger partial charge is 0.249 e. The average molecular weight is 205 g/mol. The fraction of sp³-hybridized carbons (Fsp3) is 0.143. The van der Waals surface area contributed by atoms with Gasteiger partial charge in [0.15, 0.2) is 0 Å². The van der Waals surface area contributed by atoms with Gasteiger partial charge in [-0.25, -0.2) is 4.98 Å². The molecule has 64 valence electrons. The minimum atomic E-state index is -0.557. The summed E-state index contributed by atoms with van der Waals surface area (Å²) in [5, 5.41) is 0.371. The maximum absolute atomic E-state index is 10.8. The second-order valence-corrected chi connectivity index (χ2v) is 3.02. The van der Waals surface area contributed by atoms with Gasteiger partial charge in [0.1, 0.15) is 10.3 Å². The second kappa shape index (κ2) is 3.29. The zero-order valence-corrected chi connectivity index (χ0v) is 7.78. The van der Waals surface area contributed by atoms with Gasteiger partial charge in [-0.3, -0.25) is 4.79 Å². The summed E-state index contributed by atoms with van der Waals surface area (Å²) in [5.74, 6) is -0.557. The Labute approximate surface area is 79.5 Å². The monoisotopic (exact) mass is 204 g/mol. The molecule has 0 bridgehead atoms. The highest BCUT2D eigenvalue weighted by atomic mass is 35.5. The van der Waals surface area contributed by atoms with Gasteiger partial charge in [0.25, 0.3) is 0 Å². The Kier molecular flexibility index (Phi) is 2.55. The Hall–Kier alpha value is -0.800. The molecule has 0 spiro atoms. The lowest BCUT2D eigenvalue weighted by Gasteiger charge is -2.02. The normalized spacial score (nSPS) is 9.92. The summed E-state index contributed by atoms with van der Waals surface area (Å²) >= 11 is 11.2. The van der Waals surface area contributed by atoms with Crippen molar-refractivity contribution in [1.29, 1.82) is 0 Å². The van der Waals surface area contributed by atoms with E-state index in [0.717, 1.165) is 0 Å². The zero-order valence-electron chi connectivity index (χ0n) is 6.27. The van der Waals surface area contributed by atoms with Crippen molar-refractivity contribution in [2.24, 2.45) is 5.73 Å². The highest BCUT2D eigenvalue weighted by molar-refractivity contribution is 6.33. The van der Waals surface area contributed by atoms with Gasteiger partial charge >= 0.3 is 0 Å². The van der Waals surface area contributed by atoms with Gasteiger partial charge in [-0.1, -0.05) is 23.2 Å². The highest BCUT2D eigenvalue weighted by Crippen LogP contribution is 2.20. The van der Waals surface area contributed by atoms with Gasteiger partial charge in [0, 0.05) is 5.56 Å². The number of pyridine rings is 1. The lowest BCUT2D eigenvalue weighted by Crippen LogP contribution is -2.13. The van der Waals surface area contributed by atoms with Gasteiger partial charge < -0.3 is 5.73 Å². The fourth-order valence-electron chi connectivity index (χ4n) is 0.804. The number of nitrogens with two attached hydrogens (primary N) is 1. The van der Waals surface area contributed by atoms with E-state index < -0.39 is 5.91 Å². The lowest BCUT2D eigenvalue weighted by atomic mass is 10.1. The molecule has 12 heavy (non-hydrogen) atoms. The third kappa shape index (κ3) is 1.68. The summed E-state index contributed by atoms with van der Waals surface area (Å²) in [5.41, 5.74) is 5.92. The molecule has 0 fully saturated rings. The van der Waals surface area contributed by atoms with Crippen molar-refractivity contribution in [2.45, 2.75) is 6.92 Å². The fourth-order valence-corrected chi connectivity index (χ4v) is 1.23. The van der Waals surface area contributed by atoms with Crippen LogP contribution in [-0.2, 0) is 0 Å². The van der Waals surface area contributed by atoms with Crippen molar-refractivity contribution in [1.82, 2.24) is 4.98 Å². The molecule has 0 atom stereocenters. The number of rotatable bonds is 1. The van der Waals surface area contributed by atoms with E-state index in [9.17, 15) is 4.79 Å². The molecule has 0 aliphatic heterocycles. The van der Waals surface area contributed by atoms with E-state index in [1.807, 2.05) is 0 Å². The number of hydrogen-bond acceptors (Lipinski definition) is 2. The Bertz CT molecular complexity index is 338. The van der Waals surface area contributed by atoms with Gasteiger partial charge in [0.2, 0.25) is 5.91 Å². The minimum Gasteiger partial charge on any atom is -0.366 e. The first kappa shape index (κ1) is 9.29. The molecular weight excluding hydrogens is 199 g/mol. The maximum atomic E-state index is 10.8. The first-order valence-electron chi connectivity index (χ1n) is 3.15. The Balaban J connectivity index is 3.37. The van der Waals surface area contributed by atoms with Gasteiger partial charge in [-0.15, -0.1) is 0 Å². The SMILES string of the molecule is Cc1c(C(N)=O)cc(Cl)nc1Cl. The summed E-state index contributed by atoms with van der Waals surface area (Å²) in [6, 6.07) is 1.39. The second-order valence-electron chi connectivity index (χ2n) is 2.27. The lowest BCUT2D eigenvalue weighted by molar-refractivity contribution is 0.0999. The van der Waals surface area contributed by atoms with E-state index >= 15 is 0 Å². The van der Waals surface area contributed by atoms with Gasteiger partial charge in [0.05, 0.1) is 0 Å². The van der Waals surface area contributed by atoms with Crippen LogP contribution >= 0.6 is 23.2 Å². The maximum Gasteiger partial charge on any atom is 0.249 e. The van der Waals surface area contributed by atoms with Crippen LogP contribution in [-0.4, -0.2) is 10.9 Å². The molecule has 3 nitrogen and oxygen atoms in total. The van der Waals surface area contributed by atoms with Crippen molar-refractivity contribution in [3.8, 4) is 0 Å². The first-order valence-corrected chi connectivity index (χ1v) is 3.90. The number of halogens is 2. The summed E-state index contributed by atoms with van der Waals surface area (Å²) in [7, 11) is 0. The minimum absolute atomic E-state index is 0.166. The average Bonchev–Trinajstić information content (AvgIpc) is 1.96. The number of primary amides is 1. The van der Waals surface area contributed by atoms with Crippen LogP contribution in [0.25, 0.3) is 0 Å². The van der Waals surface area contributed by atoms with E-state index in [4.69, 9.17) is 28.9 Å². The van der Waals surface area contributed by atoms with E-state index in [1.165, 1.54) is 6.07 Å². The first-order chi connectivity index (χ1) is 5.52. The van der Waals surface area contributed by atoms with Gasteiger partial charge in [-0.05, 0) is 18.6 Å². The molecule has 0 saturated carbocycles. The summed E-state index contributed by atoms with van der Waals surface area (Å²) < 4.78 is 0. The standard InChI is InChI=1S/C7H6Cl2N2O/c1-3-4(7(10)12)2-5(8)11-6(3)9/h2H,1H3,(H2,10,12). The van der Waals surface area contributed by atoms with Crippen LogP contribution < -0.4 is 5.73 Å². The van der Waals surface area contributed by atoms with E-state index in [1.54, 1.807) is 6.92 Å². The number of hydrogen-bond donors (Lipinski definition) is 1. The number of aromatic nitrogens is 1. The molecule has 0 aliphatic carbocycles. The quantitative estimate of drug-likeness (QED) is 0.710. The molecule has 5 heteroatoms. The van der Waals surface area contributed by atoms with Crippen molar-refractivity contribution >= 4 is 29.1 Å². The third-order valence-electron chi connectivity index (χ3n) is 1.45. The van der Waals surface area contributed by atoms with Crippen LogP contribution in [0.3, 0.4) is 0 Å². The third-order valence-corrected chi connectivity index (χ3v) is 2.01. The Morgan fingerprint density at radius 2 is 2.17 bits per heavy atom. The van der Waals surface area contributed by atoms with E-state index in [0.29, 0.717) is 11.1 Å². The molecule has 0 saturated heterocycles. The largest absolute Gasteiger partial charge is 0.366 e. The summed E-state index contributed by atoms with van der Waals surface area (Å²) in [6.07, 6.45) is 0. The number of carbonyl (C=O) groups is 1. The van der Waals surface area contributed by atoms with Crippen molar-refractivity contribution in [2.75, 3.05) is 0 Å². The van der Waals surface area contributed by atoms with Crippen molar-refractivity contribution in [3.63, 3.8) is 0 Å². The van der Waals surface area contributed by atoms with E-state index in [2.05, 4.69) is 4.98 Å². The van der Waals surface area contributed by atoms with Crippen LogP contribution in [0.2, 0.25) is 10.3 Å². The summed E-state index contributed by atoms with van der Waals surface area (Å²) in [6.45, 7) is 1.66. The molecular formula is C7H6Cl2N2O. The van der Waals surface area contributed by atoms with Crippen LogP contribution in [0, 0.1) is 6.92 Å². The highest BCUT2D eigenvalue weighted by Gasteiger charge is 2.10. The van der Waals surface area contributed by atoms with E-state index in [-0.39, 0.29) is 10.3 Å². The van der Waals surface area contributed by atoms with Crippen LogP contribution in [0.1, 0.15) is 15.9 Å². The number of carbonyl (C=O) groups excluding carboxylic acids is 1. The number of nitrogens with zero attached hydrogens (tertiary/aromatic N) is 1. The number of amides is 1. The van der Waals surface area contributed by atoms with Gasteiger partial charge in [-0.2, -0.15) is 0 Å². The van der Waals surface area contributed by atoms with Crippen molar-refractivity contribution in [3.05, 3.63) is 27.5 Å². The molecule has 1 heterocycles. The van der Waals surface area contributed by atoms with Crippen LogP contribution in [0.5, 0.6) is 0 Å². The molecule has 1 rings (SSSR count). The topological polar surface area (TPSA) is 56.0 Å². The molecule has 1 aromatic heterocycles. The molecule has 2 N–H and O–H groups in total. The predicted molar refractivity (Wildman–Crippen MR) is 47.5 cm³/mol. The summed E-state index contributed by atoms with van der Waals surface area (Å²) in [4.78, 5) is 14.5. The van der Waals surface area contributed by atoms with Crippen molar-refractivity contribution < 1.29 is 4.79 Å². The zero-order chi connectivity index (χ0) is 9.30. The molecule has 0 aromatic carbocycles. The molecule has 1 amide bonds. The molecule has 1 aromatic rings. The Morgan fingerprint density at radius 1 is 1.58 bits per heavy atom. The molecule has 0 radical (unpaired) electrons. The predicted octanol–water partition coefficient (Wildman–Crippen LogP) is 1.80. The van der Waals surface area contributed by atoms with Crippen LogP contribution in [0.15, 0.2) is 6.07 Å². The molecule has 0 unspecified atom stereocenters.